The second-order valence-electron chi connectivity index (χ2n) is 5.67. The van der Waals surface area contributed by atoms with Crippen molar-refractivity contribution in [2.45, 2.75) is 13.5 Å². The minimum atomic E-state index is -0.180. The standard InChI is InChI=1S/C18H14ClN5OS/c1-11-16(26-18(21-11)12-5-4-6-13(19)9-12)17(25)20-10-15-23-22-14-7-2-3-8-24(14)15/h2-9H,10H2,1H3,(H,20,25). The number of pyridine rings is 1. The van der Waals surface area contributed by atoms with Gasteiger partial charge in [0.15, 0.2) is 11.5 Å². The molecule has 8 heteroatoms. The van der Waals surface area contributed by atoms with Gasteiger partial charge < -0.3 is 5.32 Å². The van der Waals surface area contributed by atoms with E-state index in [1.165, 1.54) is 11.3 Å². The highest BCUT2D eigenvalue weighted by atomic mass is 35.5. The number of halogens is 1. The quantitative estimate of drug-likeness (QED) is 0.582. The Bertz CT molecular complexity index is 1100. The van der Waals surface area contributed by atoms with Gasteiger partial charge in [0.2, 0.25) is 0 Å². The molecule has 4 aromatic rings. The second-order valence-corrected chi connectivity index (χ2v) is 7.11. The molecule has 0 saturated heterocycles. The smallest absolute Gasteiger partial charge is 0.263 e. The average molecular weight is 384 g/mol. The summed E-state index contributed by atoms with van der Waals surface area (Å²) in [6.45, 7) is 2.11. The first-order chi connectivity index (χ1) is 12.6. The van der Waals surface area contributed by atoms with Gasteiger partial charge in [-0.1, -0.05) is 29.8 Å². The van der Waals surface area contributed by atoms with Crippen molar-refractivity contribution < 1.29 is 4.79 Å². The molecule has 1 N–H and O–H groups in total. The fraction of sp³-hybridized carbons (Fsp3) is 0.111. The molecule has 0 saturated carbocycles. The molecule has 0 aliphatic heterocycles. The number of aryl methyl sites for hydroxylation is 1. The molecule has 4 rings (SSSR count). The van der Waals surface area contributed by atoms with Gasteiger partial charge in [0, 0.05) is 16.8 Å². The Labute approximate surface area is 158 Å². The Morgan fingerprint density at radius 2 is 2.12 bits per heavy atom. The second kappa shape index (κ2) is 6.86. The fourth-order valence-electron chi connectivity index (χ4n) is 2.60. The molecular formula is C18H14ClN5OS. The molecule has 6 nitrogen and oxygen atoms in total. The number of nitrogens with zero attached hydrogens (tertiary/aromatic N) is 4. The Hall–Kier alpha value is -2.77. The number of hydrogen-bond donors (Lipinski definition) is 1. The van der Waals surface area contributed by atoms with Crippen molar-refractivity contribution in [3.63, 3.8) is 0 Å². The number of carbonyl (C=O) groups is 1. The molecule has 0 spiro atoms. The van der Waals surface area contributed by atoms with Crippen molar-refractivity contribution in [2.24, 2.45) is 0 Å². The van der Waals surface area contributed by atoms with E-state index in [4.69, 9.17) is 11.6 Å². The highest BCUT2D eigenvalue weighted by Crippen LogP contribution is 2.29. The molecule has 0 bridgehead atoms. The average Bonchev–Trinajstić information content (AvgIpc) is 3.23. The lowest BCUT2D eigenvalue weighted by atomic mass is 10.2. The van der Waals surface area contributed by atoms with E-state index in [-0.39, 0.29) is 12.5 Å². The molecule has 0 aliphatic rings. The van der Waals surface area contributed by atoms with Crippen LogP contribution in [0.15, 0.2) is 48.7 Å². The van der Waals surface area contributed by atoms with Gasteiger partial charge in [0.1, 0.15) is 9.88 Å². The lowest BCUT2D eigenvalue weighted by Crippen LogP contribution is -2.23. The Kier molecular flexibility index (Phi) is 4.40. The number of benzene rings is 1. The molecule has 3 aromatic heterocycles. The van der Waals surface area contributed by atoms with Crippen LogP contribution in [-0.4, -0.2) is 25.5 Å². The molecule has 0 radical (unpaired) electrons. The van der Waals surface area contributed by atoms with E-state index >= 15 is 0 Å². The van der Waals surface area contributed by atoms with Crippen LogP contribution >= 0.6 is 22.9 Å². The van der Waals surface area contributed by atoms with E-state index in [2.05, 4.69) is 20.5 Å². The monoisotopic (exact) mass is 383 g/mol. The summed E-state index contributed by atoms with van der Waals surface area (Å²) in [5, 5.41) is 12.5. The van der Waals surface area contributed by atoms with Gasteiger partial charge >= 0.3 is 0 Å². The maximum absolute atomic E-state index is 12.6. The van der Waals surface area contributed by atoms with Gasteiger partial charge in [-0.2, -0.15) is 0 Å². The number of nitrogens with one attached hydrogen (secondary N) is 1. The number of aromatic nitrogens is 4. The Morgan fingerprint density at radius 1 is 1.23 bits per heavy atom. The van der Waals surface area contributed by atoms with Crippen LogP contribution in [0.3, 0.4) is 0 Å². The van der Waals surface area contributed by atoms with Crippen molar-refractivity contribution in [1.82, 2.24) is 24.9 Å². The van der Waals surface area contributed by atoms with Crippen LogP contribution in [0.2, 0.25) is 5.02 Å². The highest BCUT2D eigenvalue weighted by molar-refractivity contribution is 7.17. The third-order valence-electron chi connectivity index (χ3n) is 3.87. The molecule has 1 amide bonds. The minimum absolute atomic E-state index is 0.180. The number of amides is 1. The van der Waals surface area contributed by atoms with Gasteiger partial charge in [-0.15, -0.1) is 21.5 Å². The Balaban J connectivity index is 1.53. The zero-order valence-corrected chi connectivity index (χ0v) is 15.4. The molecule has 26 heavy (non-hydrogen) atoms. The normalized spacial score (nSPS) is 11.0. The summed E-state index contributed by atoms with van der Waals surface area (Å²) in [6, 6.07) is 13.1. The number of rotatable bonds is 4. The topological polar surface area (TPSA) is 72.2 Å². The van der Waals surface area contributed by atoms with Crippen molar-refractivity contribution in [3.05, 3.63) is 70.1 Å². The predicted molar refractivity (Wildman–Crippen MR) is 101 cm³/mol. The largest absolute Gasteiger partial charge is 0.344 e. The molecule has 3 heterocycles. The summed E-state index contributed by atoms with van der Waals surface area (Å²) in [4.78, 5) is 17.7. The van der Waals surface area contributed by atoms with Crippen LogP contribution in [0.25, 0.3) is 16.2 Å². The summed E-state index contributed by atoms with van der Waals surface area (Å²) in [5.74, 6) is 0.493. The molecule has 0 atom stereocenters. The van der Waals surface area contributed by atoms with Crippen molar-refractivity contribution in [1.29, 1.82) is 0 Å². The van der Waals surface area contributed by atoms with Crippen LogP contribution in [0.1, 0.15) is 21.2 Å². The van der Waals surface area contributed by atoms with E-state index in [1.807, 2.05) is 60.0 Å². The SMILES string of the molecule is Cc1nc(-c2cccc(Cl)c2)sc1C(=O)NCc1nnc2ccccn12. The highest BCUT2D eigenvalue weighted by Gasteiger charge is 2.17. The first-order valence-corrected chi connectivity index (χ1v) is 9.11. The summed E-state index contributed by atoms with van der Waals surface area (Å²) in [5.41, 5.74) is 2.33. The number of hydrogen-bond acceptors (Lipinski definition) is 5. The first kappa shape index (κ1) is 16.7. The van der Waals surface area contributed by atoms with Crippen LogP contribution in [0, 0.1) is 6.92 Å². The van der Waals surface area contributed by atoms with E-state index in [1.54, 1.807) is 0 Å². The lowest BCUT2D eigenvalue weighted by molar-refractivity contribution is 0.0953. The van der Waals surface area contributed by atoms with Crippen molar-refractivity contribution in [3.8, 4) is 10.6 Å². The molecule has 0 unspecified atom stereocenters. The third kappa shape index (κ3) is 3.18. The van der Waals surface area contributed by atoms with Gasteiger partial charge in [-0.3, -0.25) is 9.20 Å². The van der Waals surface area contributed by atoms with Crippen molar-refractivity contribution >= 4 is 34.5 Å². The van der Waals surface area contributed by atoms with E-state index in [9.17, 15) is 4.79 Å². The van der Waals surface area contributed by atoms with Crippen LogP contribution in [0.4, 0.5) is 0 Å². The van der Waals surface area contributed by atoms with Crippen LogP contribution in [0.5, 0.6) is 0 Å². The third-order valence-corrected chi connectivity index (χ3v) is 5.31. The summed E-state index contributed by atoms with van der Waals surface area (Å²) >= 11 is 7.39. The van der Waals surface area contributed by atoms with E-state index in [0.717, 1.165) is 16.2 Å². The Morgan fingerprint density at radius 3 is 2.96 bits per heavy atom. The maximum Gasteiger partial charge on any atom is 0.263 e. The fourth-order valence-corrected chi connectivity index (χ4v) is 3.77. The molecular weight excluding hydrogens is 370 g/mol. The first-order valence-electron chi connectivity index (χ1n) is 7.92. The van der Waals surface area contributed by atoms with Crippen LogP contribution in [-0.2, 0) is 6.54 Å². The molecule has 130 valence electrons. The van der Waals surface area contributed by atoms with E-state index < -0.39 is 0 Å². The molecule has 1 aromatic carbocycles. The van der Waals surface area contributed by atoms with Gasteiger partial charge in [-0.25, -0.2) is 4.98 Å². The molecule has 0 fully saturated rings. The van der Waals surface area contributed by atoms with Gasteiger partial charge in [0.05, 0.1) is 12.2 Å². The predicted octanol–water partition coefficient (Wildman–Crippen LogP) is 3.74. The molecule has 0 aliphatic carbocycles. The zero-order chi connectivity index (χ0) is 18.1. The minimum Gasteiger partial charge on any atom is -0.344 e. The number of carbonyl (C=O) groups excluding carboxylic acids is 1. The zero-order valence-electron chi connectivity index (χ0n) is 13.8. The summed E-state index contributed by atoms with van der Waals surface area (Å²) in [6.07, 6.45) is 1.87. The summed E-state index contributed by atoms with van der Waals surface area (Å²) in [7, 11) is 0. The van der Waals surface area contributed by atoms with Gasteiger partial charge in [0.25, 0.3) is 5.91 Å². The van der Waals surface area contributed by atoms with Crippen molar-refractivity contribution in [2.75, 3.05) is 0 Å². The maximum atomic E-state index is 12.6. The lowest BCUT2D eigenvalue weighted by Gasteiger charge is -2.02. The van der Waals surface area contributed by atoms with Crippen LogP contribution < -0.4 is 5.32 Å². The number of fused-ring (bicyclic) bond motifs is 1. The van der Waals surface area contributed by atoms with Gasteiger partial charge in [-0.05, 0) is 31.2 Å². The summed E-state index contributed by atoms with van der Waals surface area (Å²) < 4.78 is 1.84. The number of thiazole rings is 1. The van der Waals surface area contributed by atoms with E-state index in [0.29, 0.717) is 21.4 Å².